The van der Waals surface area contributed by atoms with Gasteiger partial charge >= 0.3 is 0 Å². The minimum atomic E-state index is -0.287. The Kier molecular flexibility index (Phi) is 2.57. The molecule has 7 heteroatoms. The van der Waals surface area contributed by atoms with E-state index in [1.165, 1.54) is 19.1 Å². The smallest absolute Gasteiger partial charge is 0.208 e. The van der Waals surface area contributed by atoms with Crippen molar-refractivity contribution in [1.29, 1.82) is 0 Å². The van der Waals surface area contributed by atoms with Crippen molar-refractivity contribution < 1.29 is 9.90 Å². The number of nitrogens with zero attached hydrogens (tertiary/aromatic N) is 3. The summed E-state index contributed by atoms with van der Waals surface area (Å²) in [4.78, 5) is 11.3. The zero-order valence-corrected chi connectivity index (χ0v) is 8.99. The first-order valence-electron chi connectivity index (χ1n) is 4.37. The normalized spacial score (nSPS) is 10.4. The summed E-state index contributed by atoms with van der Waals surface area (Å²) in [5.74, 6) is -0.300. The molecule has 82 valence electrons. The van der Waals surface area contributed by atoms with Crippen molar-refractivity contribution in [2.75, 3.05) is 0 Å². The molecular formula is C9H7ClN4O2. The molecule has 0 saturated heterocycles. The number of aromatic amines is 1. The number of carbonyl (C=O) groups is 1. The molecule has 1 aromatic carbocycles. The van der Waals surface area contributed by atoms with Gasteiger partial charge in [-0.2, -0.15) is 5.21 Å². The largest absolute Gasteiger partial charge is 0.506 e. The second-order valence-corrected chi connectivity index (χ2v) is 3.58. The number of aromatic nitrogens is 4. The number of Topliss-reactive ketones (excluding diaryl/α,β-unsaturated/α-hetero) is 1. The molecule has 0 aliphatic carbocycles. The van der Waals surface area contributed by atoms with Crippen molar-refractivity contribution in [3.8, 4) is 17.1 Å². The maximum absolute atomic E-state index is 11.3. The van der Waals surface area contributed by atoms with Crippen LogP contribution in [0.5, 0.6) is 5.75 Å². The van der Waals surface area contributed by atoms with Crippen LogP contribution in [0.1, 0.15) is 17.3 Å². The van der Waals surface area contributed by atoms with E-state index in [4.69, 9.17) is 11.6 Å². The summed E-state index contributed by atoms with van der Waals surface area (Å²) in [6.07, 6.45) is 0. The first-order valence-corrected chi connectivity index (χ1v) is 4.74. The number of ketones is 1. The van der Waals surface area contributed by atoms with Crippen LogP contribution in [0.4, 0.5) is 0 Å². The molecule has 0 bridgehead atoms. The van der Waals surface area contributed by atoms with Gasteiger partial charge in [0, 0.05) is 5.02 Å². The Morgan fingerprint density at radius 2 is 2.25 bits per heavy atom. The fourth-order valence-electron chi connectivity index (χ4n) is 1.31. The number of hydrogen-bond acceptors (Lipinski definition) is 5. The average Bonchev–Trinajstić information content (AvgIpc) is 2.73. The minimum Gasteiger partial charge on any atom is -0.506 e. The highest BCUT2D eigenvalue weighted by Gasteiger charge is 2.16. The molecular weight excluding hydrogens is 232 g/mol. The van der Waals surface area contributed by atoms with Gasteiger partial charge in [-0.15, -0.1) is 10.2 Å². The van der Waals surface area contributed by atoms with Crippen LogP contribution in [-0.4, -0.2) is 31.5 Å². The van der Waals surface area contributed by atoms with Crippen molar-refractivity contribution in [2.45, 2.75) is 6.92 Å². The lowest BCUT2D eigenvalue weighted by molar-refractivity contribution is 0.101. The molecule has 16 heavy (non-hydrogen) atoms. The molecule has 2 N–H and O–H groups in total. The highest BCUT2D eigenvalue weighted by Crippen LogP contribution is 2.33. The van der Waals surface area contributed by atoms with E-state index in [1.807, 2.05) is 0 Å². The van der Waals surface area contributed by atoms with Crippen LogP contribution in [0.2, 0.25) is 5.02 Å². The summed E-state index contributed by atoms with van der Waals surface area (Å²) in [5, 5.41) is 23.2. The number of carbonyl (C=O) groups excluding carboxylic acids is 1. The summed E-state index contributed by atoms with van der Waals surface area (Å²) in [6.45, 7) is 1.34. The number of rotatable bonds is 2. The molecule has 0 unspecified atom stereocenters. The summed E-state index contributed by atoms with van der Waals surface area (Å²) in [6, 6.07) is 2.86. The van der Waals surface area contributed by atoms with E-state index < -0.39 is 0 Å². The lowest BCUT2D eigenvalue weighted by atomic mass is 10.1. The monoisotopic (exact) mass is 238 g/mol. The third kappa shape index (κ3) is 1.74. The van der Waals surface area contributed by atoms with Crippen molar-refractivity contribution in [3.05, 3.63) is 22.7 Å². The van der Waals surface area contributed by atoms with Crippen LogP contribution in [0.15, 0.2) is 12.1 Å². The zero-order chi connectivity index (χ0) is 11.7. The number of halogens is 1. The Balaban J connectivity index is 2.67. The lowest BCUT2D eigenvalue weighted by Crippen LogP contribution is -1.95. The number of aromatic hydroxyl groups is 1. The number of benzene rings is 1. The van der Waals surface area contributed by atoms with Gasteiger partial charge in [-0.05, 0) is 24.3 Å². The summed E-state index contributed by atoms with van der Waals surface area (Å²) < 4.78 is 0. The maximum atomic E-state index is 11.3. The molecule has 2 aromatic rings. The van der Waals surface area contributed by atoms with Gasteiger partial charge in [0.25, 0.3) is 0 Å². The molecule has 6 nitrogen and oxygen atoms in total. The maximum Gasteiger partial charge on any atom is 0.208 e. The average molecular weight is 239 g/mol. The van der Waals surface area contributed by atoms with E-state index in [2.05, 4.69) is 20.6 Å². The molecule has 0 aliphatic rings. The van der Waals surface area contributed by atoms with Crippen LogP contribution < -0.4 is 0 Å². The van der Waals surface area contributed by atoms with Crippen LogP contribution in [0.25, 0.3) is 11.4 Å². The van der Waals surface area contributed by atoms with Gasteiger partial charge in [0.2, 0.25) is 5.82 Å². The lowest BCUT2D eigenvalue weighted by Gasteiger charge is -2.05. The van der Waals surface area contributed by atoms with Gasteiger partial charge in [-0.1, -0.05) is 11.6 Å². The van der Waals surface area contributed by atoms with Crippen LogP contribution in [-0.2, 0) is 0 Å². The molecule has 0 saturated carbocycles. The van der Waals surface area contributed by atoms with Gasteiger partial charge in [-0.25, -0.2) is 0 Å². The number of hydrogen-bond donors (Lipinski definition) is 2. The number of tetrazole rings is 1. The van der Waals surface area contributed by atoms with Crippen molar-refractivity contribution in [1.82, 2.24) is 20.6 Å². The summed E-state index contributed by atoms with van der Waals surface area (Å²) >= 11 is 5.83. The van der Waals surface area contributed by atoms with Crippen LogP contribution >= 0.6 is 11.6 Å². The Hall–Kier alpha value is -1.95. The predicted octanol–water partition coefficient (Wildman–Crippen LogP) is 1.43. The number of nitrogens with one attached hydrogen (secondary N) is 1. The third-order valence-corrected chi connectivity index (χ3v) is 2.26. The summed E-state index contributed by atoms with van der Waals surface area (Å²) in [5.41, 5.74) is 0.402. The number of phenols is 1. The second kappa shape index (κ2) is 3.90. The van der Waals surface area contributed by atoms with E-state index in [9.17, 15) is 9.90 Å². The SMILES string of the molecule is CC(=O)c1cc(Cl)cc(-c2nn[nH]n2)c1O. The molecule has 0 amide bonds. The first-order chi connectivity index (χ1) is 7.59. The Morgan fingerprint density at radius 3 is 2.81 bits per heavy atom. The van der Waals surface area contributed by atoms with E-state index in [0.717, 1.165) is 0 Å². The van der Waals surface area contributed by atoms with Gasteiger partial charge in [0.15, 0.2) is 5.78 Å². The number of phenolic OH excluding ortho intramolecular Hbond substituents is 1. The predicted molar refractivity (Wildman–Crippen MR) is 56.3 cm³/mol. The molecule has 1 aromatic heterocycles. The van der Waals surface area contributed by atoms with Gasteiger partial charge < -0.3 is 5.11 Å². The van der Waals surface area contributed by atoms with Crippen molar-refractivity contribution in [2.24, 2.45) is 0 Å². The topological polar surface area (TPSA) is 91.8 Å². The fourth-order valence-corrected chi connectivity index (χ4v) is 1.53. The minimum absolute atomic E-state index is 0.132. The van der Waals surface area contributed by atoms with Crippen LogP contribution in [0, 0.1) is 0 Å². The third-order valence-electron chi connectivity index (χ3n) is 2.04. The molecule has 0 spiro atoms. The molecule has 1 heterocycles. The quantitative estimate of drug-likeness (QED) is 0.772. The van der Waals surface area contributed by atoms with Gasteiger partial charge in [0.1, 0.15) is 5.75 Å². The second-order valence-electron chi connectivity index (χ2n) is 3.14. The Morgan fingerprint density at radius 1 is 1.50 bits per heavy atom. The number of H-pyrrole nitrogens is 1. The van der Waals surface area contributed by atoms with Crippen molar-refractivity contribution in [3.63, 3.8) is 0 Å². The standard InChI is InChI=1S/C9H7ClN4O2/c1-4(15)6-2-5(10)3-7(8(6)16)9-11-13-14-12-9/h2-3,16H,1H3,(H,11,12,13,14). The fraction of sp³-hybridized carbons (Fsp3) is 0.111. The molecule has 0 radical (unpaired) electrons. The first kappa shape index (κ1) is 10.6. The molecule has 0 atom stereocenters. The zero-order valence-electron chi connectivity index (χ0n) is 8.23. The Bertz CT molecular complexity index is 539. The van der Waals surface area contributed by atoms with Gasteiger partial charge in [0.05, 0.1) is 11.1 Å². The van der Waals surface area contributed by atoms with E-state index >= 15 is 0 Å². The highest BCUT2D eigenvalue weighted by molar-refractivity contribution is 6.31. The van der Waals surface area contributed by atoms with E-state index in [1.54, 1.807) is 0 Å². The highest BCUT2D eigenvalue weighted by atomic mass is 35.5. The van der Waals surface area contributed by atoms with E-state index in [0.29, 0.717) is 5.02 Å². The Labute approximate surface area is 95.3 Å². The van der Waals surface area contributed by atoms with Gasteiger partial charge in [-0.3, -0.25) is 4.79 Å². The summed E-state index contributed by atoms with van der Waals surface area (Å²) in [7, 11) is 0. The van der Waals surface area contributed by atoms with E-state index in [-0.39, 0.29) is 28.5 Å². The van der Waals surface area contributed by atoms with Crippen LogP contribution in [0.3, 0.4) is 0 Å². The molecule has 0 fully saturated rings. The molecule has 2 rings (SSSR count). The van der Waals surface area contributed by atoms with Crippen molar-refractivity contribution >= 4 is 17.4 Å². The molecule has 0 aliphatic heterocycles.